The molecule has 0 spiro atoms. The van der Waals surface area contributed by atoms with E-state index in [1.54, 1.807) is 26.4 Å². The normalized spacial score (nSPS) is 17.3. The van der Waals surface area contributed by atoms with Crippen molar-refractivity contribution in [3.05, 3.63) is 42.0 Å². The average molecular weight is 453 g/mol. The third-order valence-electron chi connectivity index (χ3n) is 6.21. The minimum Gasteiger partial charge on any atom is -0.493 e. The molecule has 2 heterocycles. The Morgan fingerprint density at radius 1 is 0.939 bits per heavy atom. The molecule has 1 amide bonds. The van der Waals surface area contributed by atoms with Gasteiger partial charge >= 0.3 is 0 Å². The monoisotopic (exact) mass is 452 g/mol. The van der Waals surface area contributed by atoms with Gasteiger partial charge in [-0.2, -0.15) is 0 Å². The van der Waals surface area contributed by atoms with Crippen LogP contribution in [-0.4, -0.2) is 67.5 Å². The van der Waals surface area contributed by atoms with Crippen molar-refractivity contribution in [3.8, 4) is 17.4 Å². The molecule has 0 atom stereocenters. The zero-order valence-corrected chi connectivity index (χ0v) is 19.4. The van der Waals surface area contributed by atoms with Crippen LogP contribution >= 0.6 is 0 Å². The smallest absolute Gasteiger partial charge is 0.246 e. The molecule has 1 aromatic carbocycles. The first-order valence-corrected chi connectivity index (χ1v) is 11.6. The number of anilines is 1. The molecule has 1 aliphatic heterocycles. The molecular weight excluding hydrogens is 420 g/mol. The first-order valence-electron chi connectivity index (χ1n) is 11.6. The van der Waals surface area contributed by atoms with Crippen LogP contribution in [0.2, 0.25) is 0 Å². The minimum absolute atomic E-state index is 0.00764. The second kappa shape index (κ2) is 11.0. The number of benzene rings is 1. The van der Waals surface area contributed by atoms with Crippen molar-refractivity contribution in [2.24, 2.45) is 0 Å². The van der Waals surface area contributed by atoms with Gasteiger partial charge < -0.3 is 24.0 Å². The van der Waals surface area contributed by atoms with E-state index in [0.29, 0.717) is 43.6 Å². The third-order valence-corrected chi connectivity index (χ3v) is 6.21. The van der Waals surface area contributed by atoms with Gasteiger partial charge in [0, 0.05) is 38.3 Å². The molecule has 2 fully saturated rings. The highest BCUT2D eigenvalue weighted by molar-refractivity contribution is 5.92. The molecule has 1 aliphatic carbocycles. The summed E-state index contributed by atoms with van der Waals surface area (Å²) in [6.07, 6.45) is 9.61. The molecule has 0 bridgehead atoms. The maximum atomic E-state index is 12.6. The zero-order valence-electron chi connectivity index (χ0n) is 19.4. The average Bonchev–Trinajstić information content (AvgIpc) is 2.88. The van der Waals surface area contributed by atoms with Gasteiger partial charge in [-0.05, 0) is 55.5 Å². The summed E-state index contributed by atoms with van der Waals surface area (Å²) in [5.74, 6) is 2.70. The van der Waals surface area contributed by atoms with Gasteiger partial charge in [-0.15, -0.1) is 10.2 Å². The lowest BCUT2D eigenvalue weighted by molar-refractivity contribution is -0.126. The van der Waals surface area contributed by atoms with E-state index in [1.807, 2.05) is 35.2 Å². The Hall–Kier alpha value is -3.29. The van der Waals surface area contributed by atoms with Crippen LogP contribution in [0.3, 0.4) is 0 Å². The maximum absolute atomic E-state index is 12.6. The van der Waals surface area contributed by atoms with Gasteiger partial charge in [0.05, 0.1) is 14.2 Å². The molecule has 4 rings (SSSR count). The van der Waals surface area contributed by atoms with Crippen LogP contribution < -0.4 is 19.1 Å². The number of nitrogens with zero attached hydrogens (tertiary/aromatic N) is 4. The number of methoxy groups -OCH3 is 2. The van der Waals surface area contributed by atoms with Crippen molar-refractivity contribution >= 4 is 17.8 Å². The van der Waals surface area contributed by atoms with Crippen LogP contribution in [0.25, 0.3) is 6.08 Å². The number of aromatic nitrogens is 2. The molecule has 2 aliphatic rings. The van der Waals surface area contributed by atoms with E-state index in [-0.39, 0.29) is 12.0 Å². The molecule has 2 aromatic rings. The Balaban J connectivity index is 1.27. The van der Waals surface area contributed by atoms with E-state index in [0.717, 1.165) is 24.2 Å². The molecule has 8 heteroatoms. The summed E-state index contributed by atoms with van der Waals surface area (Å²) >= 11 is 0. The molecule has 1 saturated heterocycles. The highest BCUT2D eigenvalue weighted by Gasteiger charge is 2.21. The standard InChI is InChI=1S/C25H32N4O4/c1-31-21-10-8-19(18-22(21)32-2)9-13-25(30)29-16-14-28(15-17-29)23-11-12-24(27-26-23)33-20-6-4-3-5-7-20/h8-13,18,20H,3-7,14-17H2,1-2H3/b13-9+. The van der Waals surface area contributed by atoms with Crippen LogP contribution in [0, 0.1) is 0 Å². The largest absolute Gasteiger partial charge is 0.493 e. The van der Waals surface area contributed by atoms with Crippen LogP contribution in [0.5, 0.6) is 17.4 Å². The minimum atomic E-state index is -0.00764. The Bertz CT molecular complexity index is 949. The maximum Gasteiger partial charge on any atom is 0.246 e. The number of piperazine rings is 1. The summed E-state index contributed by atoms with van der Waals surface area (Å²) < 4.78 is 16.5. The number of amides is 1. The van der Waals surface area contributed by atoms with Gasteiger partial charge in [0.2, 0.25) is 11.8 Å². The molecular formula is C25H32N4O4. The van der Waals surface area contributed by atoms with Gasteiger partial charge in [-0.3, -0.25) is 4.79 Å². The lowest BCUT2D eigenvalue weighted by Gasteiger charge is -2.34. The second-order valence-electron chi connectivity index (χ2n) is 8.37. The Morgan fingerprint density at radius 3 is 2.36 bits per heavy atom. The number of hydrogen-bond acceptors (Lipinski definition) is 7. The molecule has 176 valence electrons. The van der Waals surface area contributed by atoms with Crippen molar-refractivity contribution in [3.63, 3.8) is 0 Å². The molecule has 0 N–H and O–H groups in total. The van der Waals surface area contributed by atoms with Gasteiger partial charge in [0.15, 0.2) is 17.3 Å². The van der Waals surface area contributed by atoms with Crippen LogP contribution in [0.4, 0.5) is 5.82 Å². The van der Waals surface area contributed by atoms with E-state index >= 15 is 0 Å². The van der Waals surface area contributed by atoms with Crippen molar-refractivity contribution in [2.45, 2.75) is 38.2 Å². The van der Waals surface area contributed by atoms with E-state index in [1.165, 1.54) is 19.3 Å². The summed E-state index contributed by atoms with van der Waals surface area (Å²) in [5, 5.41) is 8.62. The molecule has 1 saturated carbocycles. The van der Waals surface area contributed by atoms with Crippen molar-refractivity contribution in [1.82, 2.24) is 15.1 Å². The van der Waals surface area contributed by atoms with Gasteiger partial charge in [0.1, 0.15) is 6.10 Å². The highest BCUT2D eigenvalue weighted by atomic mass is 16.5. The van der Waals surface area contributed by atoms with Gasteiger partial charge in [-0.1, -0.05) is 12.5 Å². The summed E-state index contributed by atoms with van der Waals surface area (Å²) in [6.45, 7) is 2.70. The molecule has 33 heavy (non-hydrogen) atoms. The summed E-state index contributed by atoms with van der Waals surface area (Å²) in [5.41, 5.74) is 0.880. The van der Waals surface area contributed by atoms with E-state index in [2.05, 4.69) is 15.1 Å². The van der Waals surface area contributed by atoms with Crippen molar-refractivity contribution in [1.29, 1.82) is 0 Å². The van der Waals surface area contributed by atoms with Crippen LogP contribution in [0.1, 0.15) is 37.7 Å². The van der Waals surface area contributed by atoms with Crippen molar-refractivity contribution < 1.29 is 19.0 Å². The number of carbonyl (C=O) groups is 1. The fourth-order valence-corrected chi connectivity index (χ4v) is 4.28. The van der Waals surface area contributed by atoms with Crippen molar-refractivity contribution in [2.75, 3.05) is 45.3 Å². The Labute approximate surface area is 195 Å². The van der Waals surface area contributed by atoms with Gasteiger partial charge in [0.25, 0.3) is 0 Å². The first-order chi connectivity index (χ1) is 16.2. The molecule has 0 unspecified atom stereocenters. The predicted octanol–water partition coefficient (Wildman–Crippen LogP) is 3.57. The fourth-order valence-electron chi connectivity index (χ4n) is 4.28. The molecule has 1 aromatic heterocycles. The number of carbonyl (C=O) groups excluding carboxylic acids is 1. The number of hydrogen-bond donors (Lipinski definition) is 0. The van der Waals surface area contributed by atoms with E-state index in [9.17, 15) is 4.79 Å². The second-order valence-corrected chi connectivity index (χ2v) is 8.37. The van der Waals surface area contributed by atoms with Crippen LogP contribution in [0.15, 0.2) is 36.4 Å². The number of rotatable bonds is 7. The highest BCUT2D eigenvalue weighted by Crippen LogP contribution is 2.28. The topological polar surface area (TPSA) is 77.0 Å². The summed E-state index contributed by atoms with van der Waals surface area (Å²) in [6, 6.07) is 9.43. The first kappa shape index (κ1) is 22.9. The Morgan fingerprint density at radius 2 is 1.70 bits per heavy atom. The lowest BCUT2D eigenvalue weighted by Crippen LogP contribution is -2.48. The molecule has 0 radical (unpaired) electrons. The third kappa shape index (κ3) is 5.94. The fraction of sp³-hybridized carbons (Fsp3) is 0.480. The van der Waals surface area contributed by atoms with Crippen LogP contribution in [-0.2, 0) is 4.79 Å². The summed E-state index contributed by atoms with van der Waals surface area (Å²) in [4.78, 5) is 16.6. The predicted molar refractivity (Wildman–Crippen MR) is 127 cm³/mol. The lowest BCUT2D eigenvalue weighted by atomic mass is 9.98. The zero-order chi connectivity index (χ0) is 23.0. The Kier molecular flexibility index (Phi) is 7.65. The number of ether oxygens (including phenoxy) is 3. The SMILES string of the molecule is COc1ccc(/C=C/C(=O)N2CCN(c3ccc(OC4CCCCC4)nn3)CC2)cc1OC. The van der Waals surface area contributed by atoms with E-state index in [4.69, 9.17) is 14.2 Å². The van der Waals surface area contributed by atoms with Gasteiger partial charge in [-0.25, -0.2) is 0 Å². The quantitative estimate of drug-likeness (QED) is 0.595. The molecule has 8 nitrogen and oxygen atoms in total. The van der Waals surface area contributed by atoms with E-state index < -0.39 is 0 Å². The summed E-state index contributed by atoms with van der Waals surface area (Å²) in [7, 11) is 3.19.